The zero-order valence-electron chi connectivity index (χ0n) is 13.0. The van der Waals surface area contributed by atoms with Gasteiger partial charge in [-0.3, -0.25) is 0 Å². The van der Waals surface area contributed by atoms with E-state index in [-0.39, 0.29) is 0 Å². The molecular weight excluding hydrogens is 258 g/mol. The Bertz CT molecular complexity index is 522. The summed E-state index contributed by atoms with van der Waals surface area (Å²) in [4.78, 5) is 0. The van der Waals surface area contributed by atoms with Crippen LogP contribution in [0.15, 0.2) is 54.6 Å². The molecule has 0 heterocycles. The molecule has 2 aromatic rings. The minimum Gasteiger partial charge on any atom is -0.382 e. The molecule has 0 aliphatic rings. The fourth-order valence-corrected chi connectivity index (χ4v) is 2.19. The van der Waals surface area contributed by atoms with E-state index in [4.69, 9.17) is 4.74 Å². The number of benzene rings is 2. The molecule has 0 spiro atoms. The Hall–Kier alpha value is -1.80. The molecule has 0 aliphatic heterocycles. The van der Waals surface area contributed by atoms with E-state index in [0.717, 1.165) is 31.9 Å². The van der Waals surface area contributed by atoms with Crippen molar-refractivity contribution in [1.82, 2.24) is 0 Å². The number of nitrogens with one attached hydrogen (secondary N) is 1. The summed E-state index contributed by atoms with van der Waals surface area (Å²) in [7, 11) is 0. The van der Waals surface area contributed by atoms with Crippen molar-refractivity contribution in [3.63, 3.8) is 0 Å². The molecule has 1 N–H and O–H groups in total. The molecule has 0 aliphatic carbocycles. The molecule has 0 aromatic heterocycles. The Labute approximate surface area is 128 Å². The zero-order chi connectivity index (χ0) is 14.9. The van der Waals surface area contributed by atoms with E-state index in [2.05, 4.69) is 67.7 Å². The first-order chi connectivity index (χ1) is 10.3. The Kier molecular flexibility index (Phi) is 6.29. The van der Waals surface area contributed by atoms with Gasteiger partial charge in [-0.1, -0.05) is 62.4 Å². The molecule has 0 fully saturated rings. The van der Waals surface area contributed by atoms with Crippen LogP contribution < -0.4 is 5.32 Å². The number of anilines is 1. The summed E-state index contributed by atoms with van der Waals surface area (Å²) < 4.78 is 5.65. The largest absolute Gasteiger partial charge is 0.382 e. The maximum Gasteiger partial charge on any atom is 0.0639 e. The van der Waals surface area contributed by atoms with E-state index in [1.165, 1.54) is 11.1 Å². The van der Waals surface area contributed by atoms with Gasteiger partial charge in [-0.15, -0.1) is 0 Å². The van der Waals surface area contributed by atoms with Crippen molar-refractivity contribution in [3.05, 3.63) is 54.6 Å². The second-order valence-corrected chi connectivity index (χ2v) is 5.63. The maximum atomic E-state index is 5.65. The standard InChI is InChI=1S/C19H25NO/c1-16(2)12-14-21-15-13-20-19-11-7-6-10-18(19)17-8-4-3-5-9-17/h3-11,16,20H,12-15H2,1-2H3. The van der Waals surface area contributed by atoms with Crippen LogP contribution in [0.2, 0.25) is 0 Å². The van der Waals surface area contributed by atoms with Gasteiger partial charge in [0.15, 0.2) is 0 Å². The normalized spacial score (nSPS) is 10.8. The van der Waals surface area contributed by atoms with Gasteiger partial charge in [0.1, 0.15) is 0 Å². The quantitative estimate of drug-likeness (QED) is 0.701. The Morgan fingerprint density at radius 2 is 1.62 bits per heavy atom. The van der Waals surface area contributed by atoms with Gasteiger partial charge < -0.3 is 10.1 Å². The first-order valence-electron chi connectivity index (χ1n) is 7.73. The lowest BCUT2D eigenvalue weighted by Gasteiger charge is -2.12. The van der Waals surface area contributed by atoms with Crippen LogP contribution in [0.25, 0.3) is 11.1 Å². The third-order valence-electron chi connectivity index (χ3n) is 3.41. The number of hydrogen-bond donors (Lipinski definition) is 1. The fraction of sp³-hybridized carbons (Fsp3) is 0.368. The second-order valence-electron chi connectivity index (χ2n) is 5.63. The fourth-order valence-electron chi connectivity index (χ4n) is 2.19. The van der Waals surface area contributed by atoms with E-state index >= 15 is 0 Å². The van der Waals surface area contributed by atoms with Crippen molar-refractivity contribution < 1.29 is 4.74 Å². The van der Waals surface area contributed by atoms with Crippen molar-refractivity contribution in [2.24, 2.45) is 5.92 Å². The van der Waals surface area contributed by atoms with Crippen LogP contribution in [0.3, 0.4) is 0 Å². The van der Waals surface area contributed by atoms with Gasteiger partial charge in [0.2, 0.25) is 0 Å². The molecule has 2 heteroatoms. The highest BCUT2D eigenvalue weighted by Gasteiger charge is 2.03. The number of rotatable bonds is 8. The summed E-state index contributed by atoms with van der Waals surface area (Å²) in [5, 5.41) is 3.47. The van der Waals surface area contributed by atoms with E-state index in [1.54, 1.807) is 0 Å². The van der Waals surface area contributed by atoms with Crippen molar-refractivity contribution in [2.45, 2.75) is 20.3 Å². The Balaban J connectivity index is 1.87. The molecule has 0 saturated heterocycles. The van der Waals surface area contributed by atoms with E-state index in [0.29, 0.717) is 5.92 Å². The van der Waals surface area contributed by atoms with E-state index in [9.17, 15) is 0 Å². The minimum atomic E-state index is 0.705. The van der Waals surface area contributed by atoms with Gasteiger partial charge >= 0.3 is 0 Å². The summed E-state index contributed by atoms with van der Waals surface area (Å²) in [5.41, 5.74) is 3.64. The predicted molar refractivity (Wildman–Crippen MR) is 90.6 cm³/mol. The first-order valence-corrected chi connectivity index (χ1v) is 7.73. The first kappa shape index (κ1) is 15.6. The monoisotopic (exact) mass is 283 g/mol. The van der Waals surface area contributed by atoms with Crippen LogP contribution in [-0.4, -0.2) is 19.8 Å². The highest BCUT2D eigenvalue weighted by Crippen LogP contribution is 2.27. The number of para-hydroxylation sites is 1. The average Bonchev–Trinajstić information content (AvgIpc) is 2.52. The van der Waals surface area contributed by atoms with Crippen molar-refractivity contribution in [3.8, 4) is 11.1 Å². The molecule has 0 atom stereocenters. The lowest BCUT2D eigenvalue weighted by atomic mass is 10.0. The molecule has 2 aromatic carbocycles. The minimum absolute atomic E-state index is 0.705. The topological polar surface area (TPSA) is 21.3 Å². The van der Waals surface area contributed by atoms with Gasteiger partial charge in [0, 0.05) is 24.4 Å². The van der Waals surface area contributed by atoms with Crippen LogP contribution in [0.4, 0.5) is 5.69 Å². The second kappa shape index (κ2) is 8.48. The Morgan fingerprint density at radius 1 is 0.905 bits per heavy atom. The van der Waals surface area contributed by atoms with Crippen molar-refractivity contribution >= 4 is 5.69 Å². The van der Waals surface area contributed by atoms with Gasteiger partial charge in [-0.2, -0.15) is 0 Å². The van der Waals surface area contributed by atoms with E-state index < -0.39 is 0 Å². The summed E-state index contributed by atoms with van der Waals surface area (Å²) >= 11 is 0. The maximum absolute atomic E-state index is 5.65. The van der Waals surface area contributed by atoms with Crippen molar-refractivity contribution in [2.75, 3.05) is 25.1 Å². The van der Waals surface area contributed by atoms with Gasteiger partial charge in [-0.25, -0.2) is 0 Å². The van der Waals surface area contributed by atoms with Crippen LogP contribution >= 0.6 is 0 Å². The lowest BCUT2D eigenvalue weighted by Crippen LogP contribution is -2.11. The predicted octanol–water partition coefficient (Wildman–Crippen LogP) is 4.83. The van der Waals surface area contributed by atoms with Gasteiger partial charge in [-0.05, 0) is 24.0 Å². The molecule has 0 unspecified atom stereocenters. The SMILES string of the molecule is CC(C)CCOCCNc1ccccc1-c1ccccc1. The average molecular weight is 283 g/mol. The number of hydrogen-bond acceptors (Lipinski definition) is 2. The van der Waals surface area contributed by atoms with Crippen LogP contribution in [0.5, 0.6) is 0 Å². The molecule has 0 radical (unpaired) electrons. The van der Waals surface area contributed by atoms with Gasteiger partial charge in [0.25, 0.3) is 0 Å². The van der Waals surface area contributed by atoms with Crippen molar-refractivity contribution in [1.29, 1.82) is 0 Å². The van der Waals surface area contributed by atoms with Gasteiger partial charge in [0.05, 0.1) is 6.61 Å². The molecule has 21 heavy (non-hydrogen) atoms. The highest BCUT2D eigenvalue weighted by atomic mass is 16.5. The smallest absolute Gasteiger partial charge is 0.0639 e. The third-order valence-corrected chi connectivity index (χ3v) is 3.41. The number of ether oxygens (including phenoxy) is 1. The molecular formula is C19H25NO. The summed E-state index contributed by atoms with van der Waals surface area (Å²) in [5.74, 6) is 0.705. The molecule has 0 amide bonds. The molecule has 2 nitrogen and oxygen atoms in total. The summed E-state index contributed by atoms with van der Waals surface area (Å²) in [6, 6.07) is 18.9. The van der Waals surface area contributed by atoms with E-state index in [1.807, 2.05) is 6.07 Å². The highest BCUT2D eigenvalue weighted by molar-refractivity contribution is 5.77. The lowest BCUT2D eigenvalue weighted by molar-refractivity contribution is 0.132. The summed E-state index contributed by atoms with van der Waals surface area (Å²) in [6.45, 7) is 6.87. The molecule has 2 rings (SSSR count). The van der Waals surface area contributed by atoms with Crippen LogP contribution in [0.1, 0.15) is 20.3 Å². The third kappa shape index (κ3) is 5.24. The zero-order valence-corrected chi connectivity index (χ0v) is 13.0. The Morgan fingerprint density at radius 3 is 2.38 bits per heavy atom. The molecule has 0 bridgehead atoms. The summed E-state index contributed by atoms with van der Waals surface area (Å²) in [6.07, 6.45) is 1.13. The van der Waals surface area contributed by atoms with Crippen LogP contribution in [0, 0.1) is 5.92 Å². The van der Waals surface area contributed by atoms with Crippen LogP contribution in [-0.2, 0) is 4.74 Å². The molecule has 112 valence electrons. The molecule has 0 saturated carbocycles.